The van der Waals surface area contributed by atoms with E-state index in [9.17, 15) is 23.2 Å². The molecular weight excluding hydrogens is 426 g/mol. The number of fused-ring (bicyclic) bond motifs is 1. The molecule has 5 nitrogen and oxygen atoms in total. The maximum Gasteiger partial charge on any atom is 0.310 e. The third-order valence-electron chi connectivity index (χ3n) is 5.30. The lowest BCUT2D eigenvalue weighted by Gasteiger charge is -2.27. The lowest BCUT2D eigenvalue weighted by molar-refractivity contribution is -0.164. The zero-order valence-corrected chi connectivity index (χ0v) is 19.3. The second-order valence-corrected chi connectivity index (χ2v) is 11.2. The molecule has 0 aromatic heterocycles. The molecule has 0 amide bonds. The molecule has 5 unspecified atom stereocenters. The Morgan fingerprint density at radius 2 is 1.48 bits per heavy atom. The van der Waals surface area contributed by atoms with E-state index in [0.29, 0.717) is 4.90 Å². The molecule has 0 aliphatic heterocycles. The highest BCUT2D eigenvalue weighted by Gasteiger charge is 2.72. The van der Waals surface area contributed by atoms with Gasteiger partial charge in [0.05, 0.1) is 11.8 Å². The summed E-state index contributed by atoms with van der Waals surface area (Å²) in [5.41, 5.74) is -1.44. The molecule has 5 atom stereocenters. The van der Waals surface area contributed by atoms with Gasteiger partial charge >= 0.3 is 11.9 Å². The Bertz CT molecular complexity index is 902. The van der Waals surface area contributed by atoms with Gasteiger partial charge in [-0.3, -0.25) is 14.4 Å². The molecule has 31 heavy (non-hydrogen) atoms. The van der Waals surface area contributed by atoms with Gasteiger partial charge in [0.25, 0.3) is 0 Å². The molecular formula is C23H28F2O5S. The van der Waals surface area contributed by atoms with Crippen molar-refractivity contribution >= 4 is 29.5 Å². The minimum absolute atomic E-state index is 0.174. The largest absolute Gasteiger partial charge is 0.460 e. The molecule has 8 heteroatoms. The van der Waals surface area contributed by atoms with Crippen molar-refractivity contribution in [2.45, 2.75) is 57.6 Å². The molecule has 0 radical (unpaired) electrons. The molecule has 0 heterocycles. The molecule has 2 fully saturated rings. The lowest BCUT2D eigenvalue weighted by atomic mass is 9.89. The summed E-state index contributed by atoms with van der Waals surface area (Å²) in [5, 5.41) is 0. The summed E-state index contributed by atoms with van der Waals surface area (Å²) in [5.74, 6) is -5.98. The van der Waals surface area contributed by atoms with E-state index in [4.69, 9.17) is 9.47 Å². The van der Waals surface area contributed by atoms with Crippen molar-refractivity contribution in [2.24, 2.45) is 29.6 Å². The standard InChI is InChI=1S/C23H28F2O5S/c1-22(2,3)29-20(27)15-12(10-31-11-7-8-13(24)14(25)9-11)19(26)17-16(15)18(17)21(28)30-23(4,5)6/h7-9,12,15-18H,10H2,1-6H3. The van der Waals surface area contributed by atoms with E-state index in [0.717, 1.165) is 12.1 Å². The van der Waals surface area contributed by atoms with Crippen molar-refractivity contribution in [1.29, 1.82) is 0 Å². The SMILES string of the molecule is CC(C)(C)OC(=O)C1C(CSc2ccc(F)c(F)c2)C(=O)C2C(C(=O)OC(C)(C)C)C12. The lowest BCUT2D eigenvalue weighted by Crippen LogP contribution is -2.37. The summed E-state index contributed by atoms with van der Waals surface area (Å²) in [6.45, 7) is 10.5. The third kappa shape index (κ3) is 5.27. The van der Waals surface area contributed by atoms with Crippen LogP contribution in [-0.4, -0.2) is 34.7 Å². The first-order chi connectivity index (χ1) is 14.2. The topological polar surface area (TPSA) is 69.7 Å². The van der Waals surface area contributed by atoms with E-state index >= 15 is 0 Å². The van der Waals surface area contributed by atoms with Crippen LogP contribution in [0.2, 0.25) is 0 Å². The van der Waals surface area contributed by atoms with E-state index in [1.54, 1.807) is 41.5 Å². The fraction of sp³-hybridized carbons (Fsp3) is 0.609. The maximum atomic E-state index is 13.5. The molecule has 1 aromatic rings. The molecule has 2 saturated carbocycles. The van der Waals surface area contributed by atoms with Crippen LogP contribution in [0.3, 0.4) is 0 Å². The number of thioether (sulfide) groups is 1. The van der Waals surface area contributed by atoms with Crippen LogP contribution in [0.4, 0.5) is 8.78 Å². The number of carbonyl (C=O) groups excluding carboxylic acids is 3. The van der Waals surface area contributed by atoms with Crippen LogP contribution in [0, 0.1) is 41.2 Å². The van der Waals surface area contributed by atoms with Crippen LogP contribution in [0.5, 0.6) is 0 Å². The molecule has 0 bridgehead atoms. The molecule has 3 rings (SSSR count). The Kier molecular flexibility index (Phi) is 6.26. The van der Waals surface area contributed by atoms with E-state index in [1.807, 2.05) is 0 Å². The molecule has 2 aliphatic carbocycles. The summed E-state index contributed by atoms with van der Waals surface area (Å²) in [4.78, 5) is 39.1. The Morgan fingerprint density at radius 1 is 0.935 bits per heavy atom. The van der Waals surface area contributed by atoms with Crippen LogP contribution in [0.1, 0.15) is 41.5 Å². The molecule has 1 aromatic carbocycles. The molecule has 2 aliphatic rings. The average Bonchev–Trinajstić information content (AvgIpc) is 3.26. The van der Waals surface area contributed by atoms with Crippen molar-refractivity contribution in [3.63, 3.8) is 0 Å². The summed E-state index contributed by atoms with van der Waals surface area (Å²) in [6, 6.07) is 3.51. The number of hydrogen-bond acceptors (Lipinski definition) is 6. The zero-order chi connectivity index (χ0) is 23.3. The number of ketones is 1. The van der Waals surface area contributed by atoms with Crippen LogP contribution >= 0.6 is 11.8 Å². The van der Waals surface area contributed by atoms with Gasteiger partial charge in [-0.15, -0.1) is 11.8 Å². The van der Waals surface area contributed by atoms with Crippen LogP contribution in [0.15, 0.2) is 23.1 Å². The van der Waals surface area contributed by atoms with E-state index in [2.05, 4.69) is 0 Å². The number of benzene rings is 1. The average molecular weight is 455 g/mol. The Hall–Kier alpha value is -1.96. The van der Waals surface area contributed by atoms with E-state index < -0.39 is 64.4 Å². The van der Waals surface area contributed by atoms with E-state index in [-0.39, 0.29) is 11.5 Å². The number of hydrogen-bond donors (Lipinski definition) is 0. The quantitative estimate of drug-likeness (QED) is 0.485. The minimum atomic E-state index is -0.973. The van der Waals surface area contributed by atoms with Gasteiger partial charge < -0.3 is 9.47 Å². The van der Waals surface area contributed by atoms with E-state index in [1.165, 1.54) is 17.8 Å². The van der Waals surface area contributed by atoms with Gasteiger partial charge in [-0.2, -0.15) is 0 Å². The van der Waals surface area contributed by atoms with Gasteiger partial charge in [-0.25, -0.2) is 8.78 Å². The first kappa shape index (κ1) is 23.7. The number of carbonyl (C=O) groups is 3. The van der Waals surface area contributed by atoms with Crippen molar-refractivity contribution in [3.05, 3.63) is 29.8 Å². The van der Waals surface area contributed by atoms with Gasteiger partial charge in [0.15, 0.2) is 11.6 Å². The summed E-state index contributed by atoms with van der Waals surface area (Å²) in [7, 11) is 0. The fourth-order valence-corrected chi connectivity index (χ4v) is 5.24. The molecule has 0 N–H and O–H groups in total. The highest BCUT2D eigenvalue weighted by atomic mass is 32.2. The van der Waals surface area contributed by atoms with Crippen molar-refractivity contribution < 1.29 is 32.6 Å². The second kappa shape index (κ2) is 8.19. The number of rotatable bonds is 5. The minimum Gasteiger partial charge on any atom is -0.460 e. The molecule has 0 spiro atoms. The van der Waals surface area contributed by atoms with Gasteiger partial charge in [0, 0.05) is 22.5 Å². The van der Waals surface area contributed by atoms with Gasteiger partial charge in [0.1, 0.15) is 17.0 Å². The molecule has 0 saturated heterocycles. The summed E-state index contributed by atoms with van der Waals surface area (Å²) in [6.07, 6.45) is 0. The Balaban J connectivity index is 1.78. The highest BCUT2D eigenvalue weighted by molar-refractivity contribution is 7.99. The van der Waals surface area contributed by atoms with Crippen LogP contribution in [-0.2, 0) is 23.9 Å². The smallest absolute Gasteiger partial charge is 0.310 e. The zero-order valence-electron chi connectivity index (χ0n) is 18.5. The van der Waals surface area contributed by atoms with Crippen molar-refractivity contribution in [3.8, 4) is 0 Å². The Labute approximate surface area is 185 Å². The van der Waals surface area contributed by atoms with Gasteiger partial charge in [-0.05, 0) is 65.7 Å². The summed E-state index contributed by atoms with van der Waals surface area (Å²) < 4.78 is 37.7. The molecule has 170 valence electrons. The first-order valence-corrected chi connectivity index (χ1v) is 11.3. The fourth-order valence-electron chi connectivity index (χ4n) is 4.14. The number of ether oxygens (including phenoxy) is 2. The second-order valence-electron chi connectivity index (χ2n) is 10.1. The highest BCUT2D eigenvalue weighted by Crippen LogP contribution is 2.62. The Morgan fingerprint density at radius 3 is 2.00 bits per heavy atom. The number of Topliss-reactive ketones (excluding diaryl/α,β-unsaturated/α-hetero) is 1. The summed E-state index contributed by atoms with van der Waals surface area (Å²) >= 11 is 1.17. The predicted molar refractivity (Wildman–Crippen MR) is 111 cm³/mol. The maximum absolute atomic E-state index is 13.5. The number of halogens is 2. The normalized spacial score (nSPS) is 27.6. The monoisotopic (exact) mass is 454 g/mol. The van der Waals surface area contributed by atoms with Crippen LogP contribution < -0.4 is 0 Å². The predicted octanol–water partition coefficient (Wildman–Crippen LogP) is 4.42. The number of esters is 2. The van der Waals surface area contributed by atoms with Crippen LogP contribution in [0.25, 0.3) is 0 Å². The van der Waals surface area contributed by atoms with Gasteiger partial charge in [-0.1, -0.05) is 0 Å². The van der Waals surface area contributed by atoms with Crippen molar-refractivity contribution in [2.75, 3.05) is 5.75 Å². The first-order valence-electron chi connectivity index (χ1n) is 10.3. The van der Waals surface area contributed by atoms with Crippen molar-refractivity contribution in [1.82, 2.24) is 0 Å². The van der Waals surface area contributed by atoms with Gasteiger partial charge in [0.2, 0.25) is 0 Å². The third-order valence-corrected chi connectivity index (χ3v) is 6.41.